The molecule has 0 heterocycles. The number of anilines is 1. The quantitative estimate of drug-likeness (QED) is 0.764. The molecule has 2 aromatic rings. The van der Waals surface area contributed by atoms with Crippen LogP contribution in [0.4, 0.5) is 5.69 Å². The molecule has 0 atom stereocenters. The molecule has 0 aromatic heterocycles. The minimum absolute atomic E-state index is 0.0325. The smallest absolute Gasteiger partial charge is 0.221 e. The Morgan fingerprint density at radius 3 is 2.79 bits per heavy atom. The Hall–Kier alpha value is -2.20. The normalized spacial score (nSPS) is 10.3. The van der Waals surface area contributed by atoms with Gasteiger partial charge in [-0.25, -0.2) is 0 Å². The molecule has 2 N–H and O–H groups in total. The van der Waals surface area contributed by atoms with Gasteiger partial charge in [-0.2, -0.15) is 0 Å². The molecule has 2 rings (SSSR count). The topological polar surface area (TPSA) is 50.4 Å². The zero-order chi connectivity index (χ0) is 17.4. The van der Waals surface area contributed by atoms with Crippen molar-refractivity contribution in [3.63, 3.8) is 0 Å². The molecule has 0 aliphatic rings. The van der Waals surface area contributed by atoms with E-state index in [4.69, 9.17) is 16.3 Å². The molecule has 0 unspecified atom stereocenters. The van der Waals surface area contributed by atoms with Crippen molar-refractivity contribution in [2.75, 3.05) is 25.5 Å². The number of aryl methyl sites for hydroxylation is 1. The van der Waals surface area contributed by atoms with E-state index >= 15 is 0 Å². The number of benzene rings is 2. The number of ether oxygens (including phenoxy) is 1. The molecule has 0 saturated carbocycles. The van der Waals surface area contributed by atoms with Crippen LogP contribution in [0.15, 0.2) is 42.5 Å². The Kier molecular flexibility index (Phi) is 6.94. The molecule has 0 bridgehead atoms. The molecule has 0 radical (unpaired) electrons. The number of nitrogens with one attached hydrogen (secondary N) is 2. The standard InChI is InChI=1S/C19H23ClN2O2/c1-14-6-7-16(20)13-18(14)21-11-9-19(23)22-10-8-15-4-3-5-17(12-15)24-2/h3-7,12-13,21H,8-11H2,1-2H3,(H,22,23). The van der Waals surface area contributed by atoms with Crippen LogP contribution in [0, 0.1) is 6.92 Å². The van der Waals surface area contributed by atoms with Crippen molar-refractivity contribution in [2.24, 2.45) is 0 Å². The molecule has 2 aromatic carbocycles. The summed E-state index contributed by atoms with van der Waals surface area (Å²) in [7, 11) is 1.65. The van der Waals surface area contributed by atoms with E-state index in [9.17, 15) is 4.79 Å². The summed E-state index contributed by atoms with van der Waals surface area (Å²) in [6, 6.07) is 13.6. The maximum Gasteiger partial charge on any atom is 0.221 e. The monoisotopic (exact) mass is 346 g/mol. The Bertz CT molecular complexity index is 689. The van der Waals surface area contributed by atoms with Crippen molar-refractivity contribution in [2.45, 2.75) is 19.8 Å². The number of hydrogen-bond donors (Lipinski definition) is 2. The molecule has 0 saturated heterocycles. The van der Waals surface area contributed by atoms with Crippen LogP contribution in [-0.4, -0.2) is 26.1 Å². The number of rotatable bonds is 8. The van der Waals surface area contributed by atoms with E-state index in [1.165, 1.54) is 0 Å². The first-order chi connectivity index (χ1) is 11.6. The molecule has 5 heteroatoms. The first-order valence-corrected chi connectivity index (χ1v) is 8.36. The number of carbonyl (C=O) groups is 1. The third-order valence-corrected chi connectivity index (χ3v) is 3.97. The van der Waals surface area contributed by atoms with Gasteiger partial charge in [0.15, 0.2) is 0 Å². The Balaban J connectivity index is 1.69. The fourth-order valence-electron chi connectivity index (χ4n) is 2.36. The Morgan fingerprint density at radius 2 is 2.00 bits per heavy atom. The largest absolute Gasteiger partial charge is 0.497 e. The highest BCUT2D eigenvalue weighted by molar-refractivity contribution is 6.30. The summed E-state index contributed by atoms with van der Waals surface area (Å²) >= 11 is 5.98. The van der Waals surface area contributed by atoms with Gasteiger partial charge in [-0.15, -0.1) is 0 Å². The first-order valence-electron chi connectivity index (χ1n) is 7.98. The van der Waals surface area contributed by atoms with Crippen LogP contribution in [0.3, 0.4) is 0 Å². The summed E-state index contributed by atoms with van der Waals surface area (Å²) in [5, 5.41) is 6.87. The van der Waals surface area contributed by atoms with Gasteiger partial charge in [0.05, 0.1) is 7.11 Å². The van der Waals surface area contributed by atoms with Gasteiger partial charge in [0, 0.05) is 30.2 Å². The maximum atomic E-state index is 11.9. The van der Waals surface area contributed by atoms with Gasteiger partial charge in [-0.1, -0.05) is 29.8 Å². The maximum absolute atomic E-state index is 11.9. The second-order valence-electron chi connectivity index (χ2n) is 5.59. The number of methoxy groups -OCH3 is 1. The van der Waals surface area contributed by atoms with Gasteiger partial charge in [0.2, 0.25) is 5.91 Å². The van der Waals surface area contributed by atoms with Crippen molar-refractivity contribution >= 4 is 23.2 Å². The minimum Gasteiger partial charge on any atom is -0.497 e. The van der Waals surface area contributed by atoms with Crippen LogP contribution in [0.5, 0.6) is 5.75 Å². The average Bonchev–Trinajstić information content (AvgIpc) is 2.58. The Labute approximate surface area is 148 Å². The summed E-state index contributed by atoms with van der Waals surface area (Å²) in [4.78, 5) is 11.9. The van der Waals surface area contributed by atoms with Gasteiger partial charge in [-0.3, -0.25) is 4.79 Å². The first kappa shape index (κ1) is 18.1. The van der Waals surface area contributed by atoms with E-state index in [0.29, 0.717) is 24.5 Å². The summed E-state index contributed by atoms with van der Waals surface area (Å²) < 4.78 is 5.19. The summed E-state index contributed by atoms with van der Waals surface area (Å²) in [6.07, 6.45) is 1.20. The van der Waals surface area contributed by atoms with E-state index in [1.807, 2.05) is 49.4 Å². The van der Waals surface area contributed by atoms with E-state index in [2.05, 4.69) is 10.6 Å². The zero-order valence-electron chi connectivity index (χ0n) is 14.1. The fraction of sp³-hybridized carbons (Fsp3) is 0.316. The highest BCUT2D eigenvalue weighted by Crippen LogP contribution is 2.19. The lowest BCUT2D eigenvalue weighted by Crippen LogP contribution is -2.27. The third kappa shape index (κ3) is 5.78. The number of hydrogen-bond acceptors (Lipinski definition) is 3. The SMILES string of the molecule is COc1cccc(CCNC(=O)CCNc2cc(Cl)ccc2C)c1. The molecule has 1 amide bonds. The van der Waals surface area contributed by atoms with Gasteiger partial charge in [0.25, 0.3) is 0 Å². The molecular weight excluding hydrogens is 324 g/mol. The van der Waals surface area contributed by atoms with Crippen LogP contribution in [0.1, 0.15) is 17.5 Å². The lowest BCUT2D eigenvalue weighted by molar-refractivity contribution is -0.120. The van der Waals surface area contributed by atoms with Crippen molar-refractivity contribution in [3.05, 3.63) is 58.6 Å². The van der Waals surface area contributed by atoms with Crippen LogP contribution in [0.2, 0.25) is 5.02 Å². The molecule has 4 nitrogen and oxygen atoms in total. The van der Waals surface area contributed by atoms with Crippen molar-refractivity contribution in [3.8, 4) is 5.75 Å². The van der Waals surface area contributed by atoms with E-state index < -0.39 is 0 Å². The van der Waals surface area contributed by atoms with Gasteiger partial charge in [0.1, 0.15) is 5.75 Å². The lowest BCUT2D eigenvalue weighted by atomic mass is 10.1. The van der Waals surface area contributed by atoms with Gasteiger partial charge >= 0.3 is 0 Å². The predicted octanol–water partition coefficient (Wildman–Crippen LogP) is 3.82. The lowest BCUT2D eigenvalue weighted by Gasteiger charge is -2.10. The summed E-state index contributed by atoms with van der Waals surface area (Å²) in [6.45, 7) is 3.20. The second kappa shape index (κ2) is 9.18. The predicted molar refractivity (Wildman–Crippen MR) is 99.0 cm³/mol. The molecule has 24 heavy (non-hydrogen) atoms. The third-order valence-electron chi connectivity index (χ3n) is 3.74. The zero-order valence-corrected chi connectivity index (χ0v) is 14.8. The number of carbonyl (C=O) groups excluding carboxylic acids is 1. The van der Waals surface area contributed by atoms with Gasteiger partial charge in [-0.05, 0) is 48.7 Å². The van der Waals surface area contributed by atoms with Crippen molar-refractivity contribution in [1.29, 1.82) is 0 Å². The molecule has 0 fully saturated rings. The fourth-order valence-corrected chi connectivity index (χ4v) is 2.53. The average molecular weight is 347 g/mol. The molecule has 0 aliphatic heterocycles. The molecule has 0 aliphatic carbocycles. The molecule has 128 valence electrons. The van der Waals surface area contributed by atoms with Gasteiger partial charge < -0.3 is 15.4 Å². The summed E-state index contributed by atoms with van der Waals surface area (Å²) in [5.41, 5.74) is 3.21. The highest BCUT2D eigenvalue weighted by Gasteiger charge is 2.03. The minimum atomic E-state index is 0.0325. The highest BCUT2D eigenvalue weighted by atomic mass is 35.5. The van der Waals surface area contributed by atoms with Crippen LogP contribution in [-0.2, 0) is 11.2 Å². The Morgan fingerprint density at radius 1 is 1.17 bits per heavy atom. The summed E-state index contributed by atoms with van der Waals surface area (Å²) in [5.74, 6) is 0.866. The van der Waals surface area contributed by atoms with Crippen LogP contribution >= 0.6 is 11.6 Å². The molecule has 0 spiro atoms. The van der Waals surface area contributed by atoms with E-state index in [-0.39, 0.29) is 5.91 Å². The molecular formula is C19H23ClN2O2. The van der Waals surface area contributed by atoms with Crippen LogP contribution in [0.25, 0.3) is 0 Å². The van der Waals surface area contributed by atoms with Crippen molar-refractivity contribution in [1.82, 2.24) is 5.32 Å². The second-order valence-corrected chi connectivity index (χ2v) is 6.02. The van der Waals surface area contributed by atoms with E-state index in [0.717, 1.165) is 29.0 Å². The van der Waals surface area contributed by atoms with Crippen LogP contribution < -0.4 is 15.4 Å². The number of halogens is 1. The van der Waals surface area contributed by atoms with Crippen molar-refractivity contribution < 1.29 is 9.53 Å². The van der Waals surface area contributed by atoms with E-state index in [1.54, 1.807) is 7.11 Å². The number of amides is 1.